The molecule has 124 valence electrons. The monoisotopic (exact) mass is 324 g/mol. The fourth-order valence-corrected chi connectivity index (χ4v) is 2.99. The van der Waals surface area contributed by atoms with Crippen LogP contribution in [0.25, 0.3) is 0 Å². The summed E-state index contributed by atoms with van der Waals surface area (Å²) in [5, 5.41) is 15.5. The van der Waals surface area contributed by atoms with Gasteiger partial charge in [-0.05, 0) is 16.7 Å². The van der Waals surface area contributed by atoms with Crippen LogP contribution in [0.5, 0.6) is 0 Å². The van der Waals surface area contributed by atoms with E-state index in [0.717, 1.165) is 16.7 Å². The number of aliphatic hydroxyl groups is 1. The van der Waals surface area contributed by atoms with Gasteiger partial charge in [0.05, 0.1) is 25.1 Å². The second-order valence-corrected chi connectivity index (χ2v) is 5.95. The summed E-state index contributed by atoms with van der Waals surface area (Å²) in [5.41, 5.74) is 2.88. The second-order valence-electron chi connectivity index (χ2n) is 5.95. The smallest absolute Gasteiger partial charge is 0.239 e. The van der Waals surface area contributed by atoms with Crippen molar-refractivity contribution in [3.63, 3.8) is 0 Å². The van der Waals surface area contributed by atoms with E-state index in [2.05, 4.69) is 10.6 Å². The van der Waals surface area contributed by atoms with E-state index in [4.69, 9.17) is 0 Å². The second kappa shape index (κ2) is 7.27. The Kier molecular flexibility index (Phi) is 4.91. The minimum Gasteiger partial charge on any atom is -0.390 e. The summed E-state index contributed by atoms with van der Waals surface area (Å²) >= 11 is 0. The van der Waals surface area contributed by atoms with Crippen LogP contribution >= 0.6 is 0 Å². The third-order valence-electron chi connectivity index (χ3n) is 4.17. The lowest BCUT2D eigenvalue weighted by atomic mass is 10.1. The molecule has 0 saturated heterocycles. The minimum absolute atomic E-state index is 0.100. The molecule has 1 aliphatic carbocycles. The van der Waals surface area contributed by atoms with Gasteiger partial charge in [-0.25, -0.2) is 0 Å². The SMILES string of the molecule is O=C(Cc1ccccc1)NCC(=O)NC1c2ccccc2CC1O. The highest BCUT2D eigenvalue weighted by molar-refractivity contribution is 5.86. The van der Waals surface area contributed by atoms with Crippen LogP contribution in [0.3, 0.4) is 0 Å². The number of hydrogen-bond donors (Lipinski definition) is 3. The van der Waals surface area contributed by atoms with Gasteiger partial charge < -0.3 is 15.7 Å². The lowest BCUT2D eigenvalue weighted by molar-refractivity contribution is -0.126. The van der Waals surface area contributed by atoms with Crippen molar-refractivity contribution < 1.29 is 14.7 Å². The van der Waals surface area contributed by atoms with Crippen molar-refractivity contribution >= 4 is 11.8 Å². The van der Waals surface area contributed by atoms with Gasteiger partial charge in [-0.15, -0.1) is 0 Å². The fraction of sp³-hybridized carbons (Fsp3) is 0.263. The van der Waals surface area contributed by atoms with Crippen LogP contribution in [0.4, 0.5) is 0 Å². The zero-order valence-electron chi connectivity index (χ0n) is 13.2. The van der Waals surface area contributed by atoms with E-state index in [0.29, 0.717) is 6.42 Å². The predicted octanol–water partition coefficient (Wildman–Crippen LogP) is 1.12. The molecule has 0 radical (unpaired) electrons. The molecule has 0 saturated carbocycles. The standard InChI is InChI=1S/C19H20N2O3/c22-16-11-14-8-4-5-9-15(14)19(16)21-18(24)12-20-17(23)10-13-6-2-1-3-7-13/h1-9,16,19,22H,10-12H2,(H,20,23)(H,21,24). The number of nitrogens with one attached hydrogen (secondary N) is 2. The summed E-state index contributed by atoms with van der Waals surface area (Å²) in [6, 6.07) is 16.6. The van der Waals surface area contributed by atoms with E-state index in [9.17, 15) is 14.7 Å². The molecule has 0 spiro atoms. The van der Waals surface area contributed by atoms with E-state index < -0.39 is 12.1 Å². The molecule has 0 fully saturated rings. The van der Waals surface area contributed by atoms with Crippen molar-refractivity contribution in [2.75, 3.05) is 6.54 Å². The molecule has 2 aromatic carbocycles. The van der Waals surface area contributed by atoms with Crippen LogP contribution in [-0.2, 0) is 22.4 Å². The van der Waals surface area contributed by atoms with Gasteiger partial charge in [0, 0.05) is 6.42 Å². The first-order chi connectivity index (χ1) is 11.6. The molecule has 5 heteroatoms. The molecule has 2 aromatic rings. The van der Waals surface area contributed by atoms with Gasteiger partial charge in [0.25, 0.3) is 0 Å². The number of aliphatic hydroxyl groups excluding tert-OH is 1. The van der Waals surface area contributed by atoms with Crippen LogP contribution in [-0.4, -0.2) is 29.6 Å². The molecule has 3 rings (SSSR count). The van der Waals surface area contributed by atoms with E-state index in [1.807, 2.05) is 54.6 Å². The highest BCUT2D eigenvalue weighted by atomic mass is 16.3. The number of hydrogen-bond acceptors (Lipinski definition) is 3. The van der Waals surface area contributed by atoms with Gasteiger partial charge in [0.2, 0.25) is 11.8 Å². The number of carbonyl (C=O) groups is 2. The van der Waals surface area contributed by atoms with Gasteiger partial charge in [-0.1, -0.05) is 54.6 Å². The highest BCUT2D eigenvalue weighted by Gasteiger charge is 2.31. The average molecular weight is 324 g/mol. The molecule has 2 atom stereocenters. The normalized spacial score (nSPS) is 18.7. The summed E-state index contributed by atoms with van der Waals surface area (Å²) in [7, 11) is 0. The topological polar surface area (TPSA) is 78.4 Å². The number of benzene rings is 2. The summed E-state index contributed by atoms with van der Waals surface area (Å²) in [6.07, 6.45) is 0.135. The van der Waals surface area contributed by atoms with Crippen molar-refractivity contribution in [2.24, 2.45) is 0 Å². The molecule has 0 heterocycles. The average Bonchev–Trinajstić information content (AvgIpc) is 2.90. The molecule has 0 aromatic heterocycles. The molecule has 5 nitrogen and oxygen atoms in total. The van der Waals surface area contributed by atoms with Crippen LogP contribution < -0.4 is 10.6 Å². The molecular formula is C19H20N2O3. The summed E-state index contributed by atoms with van der Waals surface area (Å²) in [5.74, 6) is -0.513. The van der Waals surface area contributed by atoms with Crippen LogP contribution in [0.15, 0.2) is 54.6 Å². The van der Waals surface area contributed by atoms with Gasteiger partial charge in [-0.2, -0.15) is 0 Å². The molecule has 0 bridgehead atoms. The summed E-state index contributed by atoms with van der Waals surface area (Å²) < 4.78 is 0. The lowest BCUT2D eigenvalue weighted by Gasteiger charge is -2.18. The highest BCUT2D eigenvalue weighted by Crippen LogP contribution is 2.30. The molecule has 2 amide bonds. The Bertz CT molecular complexity index is 730. The molecule has 2 unspecified atom stereocenters. The largest absolute Gasteiger partial charge is 0.390 e. The van der Waals surface area contributed by atoms with E-state index in [1.165, 1.54) is 0 Å². The first-order valence-corrected chi connectivity index (χ1v) is 7.99. The van der Waals surface area contributed by atoms with Crippen molar-refractivity contribution in [1.29, 1.82) is 0 Å². The van der Waals surface area contributed by atoms with E-state index in [1.54, 1.807) is 0 Å². The van der Waals surface area contributed by atoms with E-state index >= 15 is 0 Å². The van der Waals surface area contributed by atoms with Gasteiger partial charge in [0.15, 0.2) is 0 Å². The van der Waals surface area contributed by atoms with Gasteiger partial charge >= 0.3 is 0 Å². The summed E-state index contributed by atoms with van der Waals surface area (Å²) in [6.45, 7) is -0.100. The molecule has 1 aliphatic rings. The van der Waals surface area contributed by atoms with Gasteiger partial charge in [0.1, 0.15) is 0 Å². The van der Waals surface area contributed by atoms with Crippen LogP contribution in [0.1, 0.15) is 22.7 Å². The third kappa shape index (κ3) is 3.81. The lowest BCUT2D eigenvalue weighted by Crippen LogP contribution is -2.41. The van der Waals surface area contributed by atoms with Gasteiger partial charge in [-0.3, -0.25) is 9.59 Å². The van der Waals surface area contributed by atoms with Crippen molar-refractivity contribution in [1.82, 2.24) is 10.6 Å². The zero-order chi connectivity index (χ0) is 16.9. The first kappa shape index (κ1) is 16.2. The Labute approximate surface area is 140 Å². The van der Waals surface area contributed by atoms with E-state index in [-0.39, 0.29) is 24.8 Å². The van der Waals surface area contributed by atoms with Crippen LogP contribution in [0.2, 0.25) is 0 Å². The maximum Gasteiger partial charge on any atom is 0.239 e. The molecular weight excluding hydrogens is 304 g/mol. The molecule has 24 heavy (non-hydrogen) atoms. The molecule has 3 N–H and O–H groups in total. The number of rotatable bonds is 5. The Balaban J connectivity index is 1.50. The Hall–Kier alpha value is -2.66. The van der Waals surface area contributed by atoms with Crippen LogP contribution in [0, 0.1) is 0 Å². The van der Waals surface area contributed by atoms with Crippen molar-refractivity contribution in [3.05, 3.63) is 71.3 Å². The number of carbonyl (C=O) groups excluding carboxylic acids is 2. The molecule has 0 aliphatic heterocycles. The quantitative estimate of drug-likeness (QED) is 0.771. The Morgan fingerprint density at radius 1 is 1.00 bits per heavy atom. The minimum atomic E-state index is -0.633. The maximum absolute atomic E-state index is 12.1. The number of amides is 2. The maximum atomic E-state index is 12.1. The Morgan fingerprint density at radius 3 is 2.50 bits per heavy atom. The first-order valence-electron chi connectivity index (χ1n) is 7.99. The Morgan fingerprint density at radius 2 is 1.71 bits per heavy atom. The third-order valence-corrected chi connectivity index (χ3v) is 4.17. The zero-order valence-corrected chi connectivity index (χ0v) is 13.2. The van der Waals surface area contributed by atoms with Crippen molar-refractivity contribution in [2.45, 2.75) is 25.0 Å². The predicted molar refractivity (Wildman–Crippen MR) is 90.2 cm³/mol. The number of fused-ring (bicyclic) bond motifs is 1. The fourth-order valence-electron chi connectivity index (χ4n) is 2.99. The van der Waals surface area contributed by atoms with Crippen molar-refractivity contribution in [3.8, 4) is 0 Å². The summed E-state index contributed by atoms with van der Waals surface area (Å²) in [4.78, 5) is 24.0.